The molecule has 1 aliphatic carbocycles. The molecule has 6 heteroatoms. The van der Waals surface area contributed by atoms with Crippen molar-refractivity contribution in [2.75, 3.05) is 33.8 Å². The summed E-state index contributed by atoms with van der Waals surface area (Å²) in [5, 5.41) is 6.81. The zero-order valence-electron chi connectivity index (χ0n) is 15.7. The second kappa shape index (κ2) is 7.55. The van der Waals surface area contributed by atoms with Gasteiger partial charge in [0.25, 0.3) is 0 Å². The number of fused-ring (bicyclic) bond motifs is 1. The highest BCUT2D eigenvalue weighted by atomic mass is 16.5. The fraction of sp³-hybridized carbons (Fsp3) is 0.778. The molecule has 2 rings (SSSR count). The number of nitrogens with zero attached hydrogens (tertiary/aromatic N) is 2. The smallest absolute Gasteiger partial charge is 0.243 e. The number of amides is 1. The summed E-state index contributed by atoms with van der Waals surface area (Å²) in [5.41, 5.74) is 1.08. The summed E-state index contributed by atoms with van der Waals surface area (Å²) in [6.45, 7) is 12.0. The van der Waals surface area contributed by atoms with E-state index in [4.69, 9.17) is 4.74 Å². The first kappa shape index (κ1) is 18.8. The molecule has 1 aliphatic heterocycles. The summed E-state index contributed by atoms with van der Waals surface area (Å²) in [7, 11) is 3.48. The highest BCUT2D eigenvalue weighted by Crippen LogP contribution is 2.51. The third-order valence-electron chi connectivity index (χ3n) is 5.05. The van der Waals surface area contributed by atoms with Crippen molar-refractivity contribution in [3.63, 3.8) is 0 Å². The van der Waals surface area contributed by atoms with Gasteiger partial charge in [0.15, 0.2) is 5.96 Å². The number of nitrogens with one attached hydrogen (secondary N) is 2. The summed E-state index contributed by atoms with van der Waals surface area (Å²) in [6, 6.07) is 0.300. The Kier molecular flexibility index (Phi) is 5.91. The largest absolute Gasteiger partial charge is 0.377 e. The van der Waals surface area contributed by atoms with E-state index in [-0.39, 0.29) is 17.9 Å². The molecule has 0 aromatic rings. The molecule has 1 amide bonds. The van der Waals surface area contributed by atoms with Gasteiger partial charge in [-0.2, -0.15) is 0 Å². The first-order valence-electron chi connectivity index (χ1n) is 8.74. The minimum Gasteiger partial charge on any atom is -0.377 e. The van der Waals surface area contributed by atoms with E-state index in [1.807, 2.05) is 6.92 Å². The van der Waals surface area contributed by atoms with Crippen LogP contribution in [0.1, 0.15) is 33.6 Å². The van der Waals surface area contributed by atoms with E-state index in [0.717, 1.165) is 18.6 Å². The van der Waals surface area contributed by atoms with E-state index >= 15 is 0 Å². The number of hydrogen-bond donors (Lipinski definition) is 2. The van der Waals surface area contributed by atoms with Crippen molar-refractivity contribution in [2.45, 2.75) is 45.8 Å². The highest BCUT2D eigenvalue weighted by molar-refractivity contribution is 5.85. The quantitative estimate of drug-likeness (QED) is 0.452. The maximum atomic E-state index is 11.8. The second-order valence-corrected chi connectivity index (χ2v) is 7.80. The number of likely N-dealkylation sites (N-methyl/N-ethyl adjacent to an activating group) is 1. The lowest BCUT2D eigenvalue weighted by Crippen LogP contribution is -2.71. The van der Waals surface area contributed by atoms with Crippen LogP contribution in [0.25, 0.3) is 0 Å². The van der Waals surface area contributed by atoms with Gasteiger partial charge in [0.05, 0.1) is 6.10 Å². The number of hydrogen-bond acceptors (Lipinski definition) is 3. The predicted octanol–water partition coefficient (Wildman–Crippen LogP) is 1.39. The maximum absolute atomic E-state index is 11.8. The van der Waals surface area contributed by atoms with Gasteiger partial charge >= 0.3 is 0 Å². The highest BCUT2D eigenvalue weighted by Gasteiger charge is 2.58. The molecule has 0 aromatic carbocycles. The lowest BCUT2D eigenvalue weighted by molar-refractivity contribution is -0.188. The Labute approximate surface area is 145 Å². The normalized spacial score (nSPS) is 28.4. The molecule has 2 fully saturated rings. The average Bonchev–Trinajstić information content (AvgIpc) is 2.53. The van der Waals surface area contributed by atoms with Gasteiger partial charge in [-0.05, 0) is 19.8 Å². The molecule has 3 atom stereocenters. The van der Waals surface area contributed by atoms with Gasteiger partial charge in [-0.1, -0.05) is 26.0 Å². The van der Waals surface area contributed by atoms with Crippen LogP contribution in [0, 0.1) is 11.3 Å². The van der Waals surface area contributed by atoms with Crippen LogP contribution in [0.4, 0.5) is 0 Å². The van der Waals surface area contributed by atoms with Crippen LogP contribution in [0.5, 0.6) is 0 Å². The van der Waals surface area contributed by atoms with Gasteiger partial charge in [-0.15, -0.1) is 0 Å². The maximum Gasteiger partial charge on any atom is 0.243 e. The fourth-order valence-electron chi connectivity index (χ4n) is 3.64. The lowest BCUT2D eigenvalue weighted by atomic mass is 9.55. The van der Waals surface area contributed by atoms with E-state index < -0.39 is 0 Å². The molecular weight excluding hydrogens is 304 g/mol. The van der Waals surface area contributed by atoms with Crippen LogP contribution in [-0.2, 0) is 9.53 Å². The standard InChI is InChI=1S/C18H32N4O2/c1-12(2)10-19-17(20-11-14(23)22(5)6)21-15-13-8-7-9-24-16(13)18(15,3)4/h13,15-16H,1,7-11H2,2-6H3,(H2,19,20,21). The van der Waals surface area contributed by atoms with E-state index in [2.05, 4.69) is 36.1 Å². The number of ether oxygens (including phenoxy) is 1. The summed E-state index contributed by atoms with van der Waals surface area (Å²) in [6.07, 6.45) is 2.60. The molecule has 2 aliphatic rings. The van der Waals surface area contributed by atoms with Crippen molar-refractivity contribution in [3.8, 4) is 0 Å². The van der Waals surface area contributed by atoms with Gasteiger partial charge in [-0.3, -0.25) is 4.79 Å². The van der Waals surface area contributed by atoms with E-state index in [1.165, 1.54) is 6.42 Å². The Balaban J connectivity index is 2.05. The third-order valence-corrected chi connectivity index (χ3v) is 5.05. The molecule has 2 N–H and O–H groups in total. The molecule has 136 valence electrons. The van der Waals surface area contributed by atoms with Crippen LogP contribution in [0.3, 0.4) is 0 Å². The Hall–Kier alpha value is -1.56. The molecule has 3 unspecified atom stereocenters. The number of aliphatic imine (C=N–C) groups is 1. The van der Waals surface area contributed by atoms with Crippen LogP contribution in [0.2, 0.25) is 0 Å². The summed E-state index contributed by atoms with van der Waals surface area (Å²) in [5.74, 6) is 1.17. The number of guanidine groups is 1. The lowest BCUT2D eigenvalue weighted by Gasteiger charge is -2.60. The van der Waals surface area contributed by atoms with Gasteiger partial charge in [0.1, 0.15) is 6.54 Å². The third kappa shape index (κ3) is 4.09. The number of rotatable bonds is 5. The van der Waals surface area contributed by atoms with E-state index in [1.54, 1.807) is 19.0 Å². The molecule has 0 spiro atoms. The molecule has 0 bridgehead atoms. The van der Waals surface area contributed by atoms with Crippen molar-refractivity contribution in [1.29, 1.82) is 0 Å². The number of carbonyl (C=O) groups excluding carboxylic acids is 1. The summed E-state index contributed by atoms with van der Waals surface area (Å²) < 4.78 is 5.96. The zero-order valence-corrected chi connectivity index (χ0v) is 15.7. The van der Waals surface area contributed by atoms with Crippen LogP contribution in [-0.4, -0.2) is 62.7 Å². The topological polar surface area (TPSA) is 66.0 Å². The van der Waals surface area contributed by atoms with Gasteiger partial charge in [-0.25, -0.2) is 4.99 Å². The molecular formula is C18H32N4O2. The summed E-state index contributed by atoms with van der Waals surface area (Å²) in [4.78, 5) is 17.9. The van der Waals surface area contributed by atoms with Crippen molar-refractivity contribution >= 4 is 11.9 Å². The van der Waals surface area contributed by atoms with Crippen LogP contribution >= 0.6 is 0 Å². The molecule has 1 saturated heterocycles. The minimum atomic E-state index is -0.0156. The predicted molar refractivity (Wildman–Crippen MR) is 97.0 cm³/mol. The van der Waals surface area contributed by atoms with Gasteiger partial charge in [0, 0.05) is 44.6 Å². The van der Waals surface area contributed by atoms with Crippen LogP contribution in [0.15, 0.2) is 17.1 Å². The van der Waals surface area contributed by atoms with E-state index in [9.17, 15) is 4.79 Å². The van der Waals surface area contributed by atoms with Crippen LogP contribution < -0.4 is 10.6 Å². The Morgan fingerprint density at radius 3 is 2.75 bits per heavy atom. The van der Waals surface area contributed by atoms with Gasteiger partial charge < -0.3 is 20.3 Å². The fourth-order valence-corrected chi connectivity index (χ4v) is 3.64. The second-order valence-electron chi connectivity index (χ2n) is 7.80. The average molecular weight is 336 g/mol. The summed E-state index contributed by atoms with van der Waals surface area (Å²) >= 11 is 0. The molecule has 24 heavy (non-hydrogen) atoms. The van der Waals surface area contributed by atoms with Crippen molar-refractivity contribution in [3.05, 3.63) is 12.2 Å². The molecule has 0 aromatic heterocycles. The Morgan fingerprint density at radius 1 is 1.42 bits per heavy atom. The SMILES string of the molecule is C=C(C)CNC(=NCC(=O)N(C)C)NC1C2CCCOC2C1(C)C. The van der Waals surface area contributed by atoms with Crippen molar-refractivity contribution in [2.24, 2.45) is 16.3 Å². The zero-order chi connectivity index (χ0) is 17.9. The Bertz CT molecular complexity index is 513. The number of carbonyl (C=O) groups is 1. The van der Waals surface area contributed by atoms with Crippen molar-refractivity contribution < 1.29 is 9.53 Å². The Morgan fingerprint density at radius 2 is 2.12 bits per heavy atom. The molecule has 1 saturated carbocycles. The monoisotopic (exact) mass is 336 g/mol. The first-order valence-corrected chi connectivity index (χ1v) is 8.74. The van der Waals surface area contributed by atoms with E-state index in [0.29, 0.717) is 30.6 Å². The molecule has 0 radical (unpaired) electrons. The minimum absolute atomic E-state index is 0.0156. The first-order chi connectivity index (χ1) is 11.2. The van der Waals surface area contributed by atoms with Crippen molar-refractivity contribution in [1.82, 2.24) is 15.5 Å². The molecule has 6 nitrogen and oxygen atoms in total. The molecule has 1 heterocycles. The van der Waals surface area contributed by atoms with Gasteiger partial charge in [0.2, 0.25) is 5.91 Å².